The lowest BCUT2D eigenvalue weighted by Gasteiger charge is -2.30. The van der Waals surface area contributed by atoms with E-state index >= 15 is 0 Å². The molecule has 4 amide bonds. The molecular formula is C27H31ClN4O7. The Hall–Kier alpha value is -4.12. The maximum Gasteiger partial charge on any atom is 0.326 e. The van der Waals surface area contributed by atoms with E-state index in [0.717, 1.165) is 0 Å². The van der Waals surface area contributed by atoms with Crippen LogP contribution < -0.4 is 16.0 Å². The van der Waals surface area contributed by atoms with E-state index in [0.29, 0.717) is 31.5 Å². The second kappa shape index (κ2) is 13.6. The summed E-state index contributed by atoms with van der Waals surface area (Å²) >= 11 is 6.23. The number of carboxylic acid groups (broad SMARTS) is 1. The van der Waals surface area contributed by atoms with Gasteiger partial charge in [0.05, 0.1) is 10.6 Å². The smallest absolute Gasteiger partial charge is 0.326 e. The van der Waals surface area contributed by atoms with Crippen LogP contribution in [0, 0.1) is 5.92 Å². The Balaban J connectivity index is 1.50. The Bertz CT molecular complexity index is 1240. The van der Waals surface area contributed by atoms with E-state index in [1.807, 2.05) is 0 Å². The number of nitrogens with zero attached hydrogens (tertiary/aromatic N) is 1. The summed E-state index contributed by atoms with van der Waals surface area (Å²) in [6.07, 6.45) is 1.02. The number of piperidine rings is 1. The van der Waals surface area contributed by atoms with Gasteiger partial charge in [-0.3, -0.25) is 19.2 Å². The fourth-order valence-electron chi connectivity index (χ4n) is 4.23. The summed E-state index contributed by atoms with van der Waals surface area (Å²) in [5.74, 6) is -2.88. The summed E-state index contributed by atoms with van der Waals surface area (Å²) in [5.41, 5.74) is 0.886. The van der Waals surface area contributed by atoms with Gasteiger partial charge in [-0.15, -0.1) is 0 Å². The predicted molar refractivity (Wildman–Crippen MR) is 142 cm³/mol. The summed E-state index contributed by atoms with van der Waals surface area (Å²) in [4.78, 5) is 62.5. The van der Waals surface area contributed by atoms with Gasteiger partial charge in [0.2, 0.25) is 11.8 Å². The number of amides is 4. The van der Waals surface area contributed by atoms with Gasteiger partial charge in [-0.1, -0.05) is 23.7 Å². The van der Waals surface area contributed by atoms with Crippen LogP contribution in [-0.2, 0) is 20.9 Å². The molecule has 1 atom stereocenters. The van der Waals surface area contributed by atoms with Crippen LogP contribution in [0.1, 0.15) is 52.5 Å². The molecule has 2 aromatic carbocycles. The number of carbonyl (C=O) groups is 5. The average molecular weight is 559 g/mol. The van der Waals surface area contributed by atoms with Gasteiger partial charge in [0.1, 0.15) is 11.8 Å². The van der Waals surface area contributed by atoms with Crippen LogP contribution in [0.3, 0.4) is 0 Å². The van der Waals surface area contributed by atoms with Crippen molar-refractivity contribution >= 4 is 41.2 Å². The molecular weight excluding hydrogens is 528 g/mol. The zero-order valence-corrected chi connectivity index (χ0v) is 22.2. The minimum absolute atomic E-state index is 0.00582. The average Bonchev–Trinajstić information content (AvgIpc) is 2.90. The molecule has 0 bridgehead atoms. The quantitative estimate of drug-likeness (QED) is 0.297. The Labute approximate surface area is 230 Å². The number of hydrogen-bond acceptors (Lipinski definition) is 6. The molecule has 0 saturated carbocycles. The zero-order chi connectivity index (χ0) is 28.5. The number of halogens is 1. The van der Waals surface area contributed by atoms with Crippen LogP contribution in [0.4, 0.5) is 0 Å². The molecule has 0 unspecified atom stereocenters. The van der Waals surface area contributed by atoms with Gasteiger partial charge >= 0.3 is 5.97 Å². The van der Waals surface area contributed by atoms with Gasteiger partial charge in [0, 0.05) is 44.6 Å². The molecule has 0 aromatic heterocycles. The van der Waals surface area contributed by atoms with Gasteiger partial charge < -0.3 is 31.1 Å². The van der Waals surface area contributed by atoms with Crippen molar-refractivity contribution in [1.82, 2.24) is 20.9 Å². The monoisotopic (exact) mass is 558 g/mol. The minimum Gasteiger partial charge on any atom is -0.508 e. The number of nitrogens with one attached hydrogen (secondary N) is 3. The standard InChI is InChI=1S/C27H31ClN4O7/c1-16(33)32-11-8-18(9-12-32)24(35)29-10-7-23(27(38)39)31-26(37)21-6-5-19(14-22(21)28)25(36)30-15-17-3-2-4-20(34)13-17/h2-6,13-14,18,23,34H,7-12,15H2,1H3,(H,29,35)(H,30,36)(H,31,37)(H,38,39)/t23-/m0/s1. The summed E-state index contributed by atoms with van der Waals surface area (Å²) in [6.45, 7) is 2.69. The SMILES string of the molecule is CC(=O)N1CCC(C(=O)NCC[C@H](NC(=O)c2ccc(C(=O)NCc3cccc(O)c3)cc2Cl)C(=O)O)CC1. The Morgan fingerprint density at radius 2 is 1.74 bits per heavy atom. The zero-order valence-electron chi connectivity index (χ0n) is 21.4. The lowest BCUT2D eigenvalue weighted by Crippen LogP contribution is -2.45. The topological polar surface area (TPSA) is 165 Å². The van der Waals surface area contributed by atoms with Crippen LogP contribution in [0.5, 0.6) is 5.75 Å². The van der Waals surface area contributed by atoms with E-state index in [1.54, 1.807) is 17.0 Å². The third-order valence-electron chi connectivity index (χ3n) is 6.49. The first kappa shape index (κ1) is 29.4. The molecule has 208 valence electrons. The molecule has 0 aliphatic carbocycles. The largest absolute Gasteiger partial charge is 0.508 e. The number of carbonyl (C=O) groups excluding carboxylic acids is 4. The summed E-state index contributed by atoms with van der Waals surface area (Å²) < 4.78 is 0. The lowest BCUT2D eigenvalue weighted by atomic mass is 9.96. The Morgan fingerprint density at radius 1 is 1.03 bits per heavy atom. The van der Waals surface area contributed by atoms with Crippen molar-refractivity contribution in [3.8, 4) is 5.75 Å². The highest BCUT2D eigenvalue weighted by Gasteiger charge is 2.27. The summed E-state index contributed by atoms with van der Waals surface area (Å²) in [5, 5.41) is 26.8. The first-order chi connectivity index (χ1) is 18.5. The Kier molecular flexibility index (Phi) is 10.3. The maximum atomic E-state index is 12.7. The highest BCUT2D eigenvalue weighted by molar-refractivity contribution is 6.34. The molecule has 2 aromatic rings. The number of rotatable bonds is 10. The lowest BCUT2D eigenvalue weighted by molar-refractivity contribution is -0.139. The van der Waals surface area contributed by atoms with E-state index in [4.69, 9.17) is 11.6 Å². The molecule has 1 aliphatic heterocycles. The van der Waals surface area contributed by atoms with Crippen molar-refractivity contribution in [2.24, 2.45) is 5.92 Å². The first-order valence-corrected chi connectivity index (χ1v) is 12.9. The van der Waals surface area contributed by atoms with Crippen molar-refractivity contribution in [1.29, 1.82) is 0 Å². The maximum absolute atomic E-state index is 12.7. The second-order valence-electron chi connectivity index (χ2n) is 9.27. The molecule has 1 fully saturated rings. The minimum atomic E-state index is -1.28. The molecule has 11 nitrogen and oxygen atoms in total. The number of hydrogen-bond donors (Lipinski definition) is 5. The highest BCUT2D eigenvalue weighted by Crippen LogP contribution is 2.20. The molecule has 12 heteroatoms. The van der Waals surface area contributed by atoms with Crippen LogP contribution in [0.2, 0.25) is 5.02 Å². The van der Waals surface area contributed by atoms with Crippen molar-refractivity contribution in [2.45, 2.75) is 38.8 Å². The Morgan fingerprint density at radius 3 is 2.36 bits per heavy atom. The molecule has 0 radical (unpaired) electrons. The highest BCUT2D eigenvalue weighted by atomic mass is 35.5. The third kappa shape index (κ3) is 8.44. The van der Waals surface area contributed by atoms with E-state index in [9.17, 15) is 34.2 Å². The van der Waals surface area contributed by atoms with Gasteiger partial charge in [0.25, 0.3) is 11.8 Å². The van der Waals surface area contributed by atoms with E-state index in [1.165, 1.54) is 37.3 Å². The third-order valence-corrected chi connectivity index (χ3v) is 6.80. The number of likely N-dealkylation sites (tertiary alicyclic amines) is 1. The summed E-state index contributed by atoms with van der Waals surface area (Å²) in [7, 11) is 0. The number of phenolic OH excluding ortho intramolecular Hbond substituents is 1. The van der Waals surface area contributed by atoms with Crippen molar-refractivity contribution < 1.29 is 34.2 Å². The first-order valence-electron chi connectivity index (χ1n) is 12.5. The molecule has 0 spiro atoms. The second-order valence-corrected chi connectivity index (χ2v) is 9.68. The van der Waals surface area contributed by atoms with Crippen molar-refractivity contribution in [2.75, 3.05) is 19.6 Å². The van der Waals surface area contributed by atoms with Crippen LogP contribution >= 0.6 is 11.6 Å². The fourth-order valence-corrected chi connectivity index (χ4v) is 4.49. The predicted octanol–water partition coefficient (Wildman–Crippen LogP) is 1.92. The molecule has 3 rings (SSSR count). The summed E-state index contributed by atoms with van der Waals surface area (Å²) in [6, 6.07) is 9.18. The number of aliphatic carboxylic acids is 1. The number of carboxylic acids is 1. The van der Waals surface area contributed by atoms with Crippen LogP contribution in [0.25, 0.3) is 0 Å². The molecule has 39 heavy (non-hydrogen) atoms. The van der Waals surface area contributed by atoms with E-state index in [-0.39, 0.29) is 59.1 Å². The molecule has 1 heterocycles. The van der Waals surface area contributed by atoms with Gasteiger partial charge in [-0.25, -0.2) is 4.79 Å². The molecule has 1 saturated heterocycles. The van der Waals surface area contributed by atoms with Crippen molar-refractivity contribution in [3.05, 3.63) is 64.2 Å². The van der Waals surface area contributed by atoms with E-state index in [2.05, 4.69) is 16.0 Å². The van der Waals surface area contributed by atoms with Gasteiger partial charge in [0.15, 0.2) is 0 Å². The van der Waals surface area contributed by atoms with Gasteiger partial charge in [-0.05, 0) is 55.2 Å². The van der Waals surface area contributed by atoms with Crippen LogP contribution in [-0.4, -0.2) is 70.4 Å². The molecule has 5 N–H and O–H groups in total. The number of benzene rings is 2. The normalized spacial score (nSPS) is 14.3. The van der Waals surface area contributed by atoms with Crippen LogP contribution in [0.15, 0.2) is 42.5 Å². The fraction of sp³-hybridized carbons (Fsp3) is 0.370. The number of phenols is 1. The number of aromatic hydroxyl groups is 1. The van der Waals surface area contributed by atoms with E-state index < -0.39 is 23.8 Å². The van der Waals surface area contributed by atoms with Crippen molar-refractivity contribution in [3.63, 3.8) is 0 Å². The molecule has 1 aliphatic rings. The van der Waals surface area contributed by atoms with Gasteiger partial charge in [-0.2, -0.15) is 0 Å².